The first-order valence-corrected chi connectivity index (χ1v) is 8.04. The second kappa shape index (κ2) is 8.99. The number of para-hydroxylation sites is 1. The third-order valence-electron chi connectivity index (χ3n) is 3.91. The molecule has 1 fully saturated rings. The molecule has 3 rings (SSSR count). The van der Waals surface area contributed by atoms with Gasteiger partial charge in [0.25, 0.3) is 0 Å². The zero-order valence-corrected chi connectivity index (χ0v) is 15.2. The van der Waals surface area contributed by atoms with E-state index in [1.165, 1.54) is 0 Å². The summed E-state index contributed by atoms with van der Waals surface area (Å²) in [5, 5.41) is 18.6. The van der Waals surface area contributed by atoms with E-state index in [4.69, 9.17) is 33.8 Å². The first-order valence-electron chi connectivity index (χ1n) is 8.04. The molecule has 1 aliphatic rings. The number of methoxy groups -OCH3 is 2. The fourth-order valence-corrected chi connectivity index (χ4v) is 2.65. The second-order valence-corrected chi connectivity index (χ2v) is 5.83. The van der Waals surface area contributed by atoms with Crippen LogP contribution in [0.1, 0.15) is 23.2 Å². The Bertz CT molecular complexity index is 788. The van der Waals surface area contributed by atoms with E-state index in [-0.39, 0.29) is 0 Å². The number of hydrogen-bond acceptors (Lipinski definition) is 8. The Morgan fingerprint density at radius 1 is 1.22 bits per heavy atom. The molecule has 0 unspecified atom stereocenters. The van der Waals surface area contributed by atoms with Crippen LogP contribution in [-0.2, 0) is 16.1 Å². The standard InChI is InChI=1S/C15H19N3O3.C2H2O4/c1-10-16-15(21-17-10)12-8-18(9-12)7-11-5-4-6-13(19-2)14(11)20-3;3-1(4)2(5)6/h4-6,12H,7-9H2,1-3H3;(H,3,4)(H,5,6). The van der Waals surface area contributed by atoms with Crippen LogP contribution >= 0.6 is 0 Å². The first kappa shape index (κ1) is 20.2. The number of benzene rings is 1. The molecule has 2 heterocycles. The van der Waals surface area contributed by atoms with Gasteiger partial charge in [0.15, 0.2) is 17.3 Å². The highest BCUT2D eigenvalue weighted by molar-refractivity contribution is 6.27. The number of aromatic nitrogens is 2. The Kier molecular flexibility index (Phi) is 6.72. The number of hydrogen-bond donors (Lipinski definition) is 2. The second-order valence-electron chi connectivity index (χ2n) is 5.83. The highest BCUT2D eigenvalue weighted by Gasteiger charge is 2.32. The summed E-state index contributed by atoms with van der Waals surface area (Å²) >= 11 is 0. The molecule has 146 valence electrons. The summed E-state index contributed by atoms with van der Waals surface area (Å²) in [7, 11) is 3.32. The van der Waals surface area contributed by atoms with Crippen LogP contribution < -0.4 is 9.47 Å². The van der Waals surface area contributed by atoms with Crippen molar-refractivity contribution in [3.05, 3.63) is 35.5 Å². The number of ether oxygens (including phenoxy) is 2. The van der Waals surface area contributed by atoms with Crippen LogP contribution in [0, 0.1) is 6.92 Å². The van der Waals surface area contributed by atoms with Gasteiger partial charge in [0.05, 0.1) is 20.1 Å². The highest BCUT2D eigenvalue weighted by atomic mass is 16.5. The first-order chi connectivity index (χ1) is 12.8. The van der Waals surface area contributed by atoms with Crippen molar-refractivity contribution in [1.29, 1.82) is 0 Å². The lowest BCUT2D eigenvalue weighted by Crippen LogP contribution is -2.44. The minimum absolute atomic E-state index is 0.336. The largest absolute Gasteiger partial charge is 0.493 e. The van der Waals surface area contributed by atoms with Crippen LogP contribution in [0.15, 0.2) is 22.7 Å². The van der Waals surface area contributed by atoms with Crippen molar-refractivity contribution in [1.82, 2.24) is 15.0 Å². The average Bonchev–Trinajstić information content (AvgIpc) is 3.03. The maximum absolute atomic E-state index is 9.10. The zero-order valence-electron chi connectivity index (χ0n) is 15.2. The van der Waals surface area contributed by atoms with Crippen LogP contribution in [0.25, 0.3) is 0 Å². The van der Waals surface area contributed by atoms with Crippen molar-refractivity contribution in [3.8, 4) is 11.5 Å². The number of aliphatic carboxylic acids is 2. The Hall–Kier alpha value is -3.14. The summed E-state index contributed by atoms with van der Waals surface area (Å²) in [5.74, 6) is -0.316. The normalized spacial score (nSPS) is 13.9. The molecule has 0 amide bonds. The summed E-state index contributed by atoms with van der Waals surface area (Å²) in [4.78, 5) is 24.8. The number of carbonyl (C=O) groups is 2. The van der Waals surface area contributed by atoms with E-state index in [1.807, 2.05) is 19.1 Å². The number of aryl methyl sites for hydroxylation is 1. The fourth-order valence-electron chi connectivity index (χ4n) is 2.65. The van der Waals surface area contributed by atoms with E-state index in [1.54, 1.807) is 14.2 Å². The van der Waals surface area contributed by atoms with Gasteiger partial charge in [-0.25, -0.2) is 9.59 Å². The Labute approximate surface area is 155 Å². The Balaban J connectivity index is 0.000000380. The van der Waals surface area contributed by atoms with Gasteiger partial charge in [-0.1, -0.05) is 17.3 Å². The third kappa shape index (κ3) is 5.17. The number of rotatable bonds is 5. The molecular weight excluding hydrogens is 358 g/mol. The number of nitrogens with zero attached hydrogens (tertiary/aromatic N) is 3. The lowest BCUT2D eigenvalue weighted by molar-refractivity contribution is -0.159. The van der Waals surface area contributed by atoms with E-state index >= 15 is 0 Å². The molecule has 0 atom stereocenters. The predicted octanol–water partition coefficient (Wildman–Crippen LogP) is 1.15. The van der Waals surface area contributed by atoms with Crippen molar-refractivity contribution in [2.75, 3.05) is 27.3 Å². The van der Waals surface area contributed by atoms with Crippen molar-refractivity contribution >= 4 is 11.9 Å². The van der Waals surface area contributed by atoms with E-state index in [0.29, 0.717) is 11.7 Å². The molecule has 27 heavy (non-hydrogen) atoms. The van der Waals surface area contributed by atoms with Crippen LogP contribution in [0.4, 0.5) is 0 Å². The lowest BCUT2D eigenvalue weighted by atomic mass is 9.99. The van der Waals surface area contributed by atoms with Crippen LogP contribution in [0.3, 0.4) is 0 Å². The molecule has 1 aromatic heterocycles. The number of likely N-dealkylation sites (tertiary alicyclic amines) is 1. The van der Waals surface area contributed by atoms with E-state index in [9.17, 15) is 0 Å². The molecular formula is C17H21N3O7. The maximum atomic E-state index is 9.10. The minimum Gasteiger partial charge on any atom is -0.493 e. The van der Waals surface area contributed by atoms with Gasteiger partial charge in [0, 0.05) is 25.2 Å². The summed E-state index contributed by atoms with van der Waals surface area (Å²) in [5.41, 5.74) is 1.12. The van der Waals surface area contributed by atoms with Crippen LogP contribution in [0.2, 0.25) is 0 Å². The van der Waals surface area contributed by atoms with Crippen molar-refractivity contribution in [3.63, 3.8) is 0 Å². The van der Waals surface area contributed by atoms with Gasteiger partial charge >= 0.3 is 11.9 Å². The zero-order chi connectivity index (χ0) is 20.0. The summed E-state index contributed by atoms with van der Waals surface area (Å²) in [6.07, 6.45) is 0. The lowest BCUT2D eigenvalue weighted by Gasteiger charge is -2.37. The van der Waals surface area contributed by atoms with Gasteiger partial charge in [-0.3, -0.25) is 4.90 Å². The molecule has 2 aromatic rings. The SMILES string of the molecule is COc1cccc(CN2CC(c3nc(C)no3)C2)c1OC.O=C(O)C(=O)O. The summed E-state index contributed by atoms with van der Waals surface area (Å²) in [6.45, 7) is 4.50. The highest BCUT2D eigenvalue weighted by Crippen LogP contribution is 2.34. The fraction of sp³-hybridized carbons (Fsp3) is 0.412. The van der Waals surface area contributed by atoms with Crippen LogP contribution in [0.5, 0.6) is 11.5 Å². The minimum atomic E-state index is -1.82. The molecule has 0 saturated carbocycles. The van der Waals surface area contributed by atoms with Crippen molar-refractivity contribution in [2.45, 2.75) is 19.4 Å². The topological polar surface area (TPSA) is 135 Å². The molecule has 0 aliphatic carbocycles. The molecule has 0 radical (unpaired) electrons. The van der Waals surface area contributed by atoms with Crippen molar-refractivity contribution in [2.24, 2.45) is 0 Å². The van der Waals surface area contributed by atoms with E-state index in [0.717, 1.165) is 42.6 Å². The maximum Gasteiger partial charge on any atom is 0.414 e. The molecule has 1 aromatic carbocycles. The molecule has 10 heteroatoms. The van der Waals surface area contributed by atoms with Gasteiger partial charge in [-0.05, 0) is 13.0 Å². The molecule has 0 spiro atoms. The molecule has 10 nitrogen and oxygen atoms in total. The van der Waals surface area contributed by atoms with E-state index < -0.39 is 11.9 Å². The van der Waals surface area contributed by atoms with Gasteiger partial charge in [-0.15, -0.1) is 0 Å². The average molecular weight is 379 g/mol. The summed E-state index contributed by atoms with van der Waals surface area (Å²) in [6, 6.07) is 5.95. The number of carboxylic acids is 2. The Morgan fingerprint density at radius 2 is 1.89 bits per heavy atom. The van der Waals surface area contributed by atoms with Gasteiger partial charge in [0.2, 0.25) is 5.89 Å². The van der Waals surface area contributed by atoms with Crippen molar-refractivity contribution < 1.29 is 33.8 Å². The predicted molar refractivity (Wildman–Crippen MR) is 91.9 cm³/mol. The smallest absolute Gasteiger partial charge is 0.414 e. The number of carboxylic acid groups (broad SMARTS) is 2. The monoisotopic (exact) mass is 379 g/mol. The Morgan fingerprint density at radius 3 is 2.37 bits per heavy atom. The van der Waals surface area contributed by atoms with Crippen LogP contribution in [-0.4, -0.2) is 64.5 Å². The van der Waals surface area contributed by atoms with Gasteiger partial charge in [0.1, 0.15) is 0 Å². The molecule has 0 bridgehead atoms. The third-order valence-corrected chi connectivity index (χ3v) is 3.91. The molecule has 2 N–H and O–H groups in total. The molecule has 1 aliphatic heterocycles. The van der Waals surface area contributed by atoms with Gasteiger partial charge in [-0.2, -0.15) is 4.98 Å². The van der Waals surface area contributed by atoms with Gasteiger partial charge < -0.3 is 24.2 Å². The summed E-state index contributed by atoms with van der Waals surface area (Å²) < 4.78 is 16.0. The quantitative estimate of drug-likeness (QED) is 0.728. The van der Waals surface area contributed by atoms with E-state index in [2.05, 4.69) is 21.1 Å². The molecule has 1 saturated heterocycles.